The molecule has 0 bridgehead atoms. The van der Waals surface area contributed by atoms with E-state index in [-0.39, 0.29) is 6.47 Å². The fourth-order valence-electron chi connectivity index (χ4n) is 1.64. The topological polar surface area (TPSA) is 125 Å². The Morgan fingerprint density at radius 3 is 2.59 bits per heavy atom. The van der Waals surface area contributed by atoms with Crippen LogP contribution in [0, 0.1) is 0 Å². The standard InChI is InChI=1S/C9H15NO7/c1-4(13)10-6-8(15)7(14)5(2-11)17-9(6)16-3-12/h3,5-9,11,14-15H,2H2,1H3,(H,10,13)/t5-,6-,7-,8-,9?/m1/s1. The lowest BCUT2D eigenvalue weighted by atomic mass is 9.97. The van der Waals surface area contributed by atoms with Crippen molar-refractivity contribution < 1.29 is 34.4 Å². The highest BCUT2D eigenvalue weighted by Gasteiger charge is 2.45. The van der Waals surface area contributed by atoms with E-state index in [0.29, 0.717) is 0 Å². The summed E-state index contributed by atoms with van der Waals surface area (Å²) in [6.45, 7) is 0.747. The third-order valence-corrected chi connectivity index (χ3v) is 2.44. The molecule has 1 fully saturated rings. The largest absolute Gasteiger partial charge is 0.436 e. The number of amides is 1. The van der Waals surface area contributed by atoms with Crippen LogP contribution in [0.4, 0.5) is 0 Å². The van der Waals surface area contributed by atoms with Gasteiger partial charge in [-0.05, 0) is 0 Å². The molecule has 4 N–H and O–H groups in total. The zero-order valence-electron chi connectivity index (χ0n) is 9.15. The lowest BCUT2D eigenvalue weighted by Crippen LogP contribution is -2.64. The Bertz CT molecular complexity index is 285. The van der Waals surface area contributed by atoms with E-state index in [0.717, 1.165) is 0 Å². The average molecular weight is 249 g/mol. The first-order valence-corrected chi connectivity index (χ1v) is 5.00. The van der Waals surface area contributed by atoms with E-state index in [1.165, 1.54) is 6.92 Å². The zero-order chi connectivity index (χ0) is 13.0. The van der Waals surface area contributed by atoms with Gasteiger partial charge in [-0.3, -0.25) is 9.59 Å². The number of aliphatic hydroxyl groups is 3. The fourth-order valence-corrected chi connectivity index (χ4v) is 1.64. The third-order valence-electron chi connectivity index (χ3n) is 2.44. The minimum atomic E-state index is -1.41. The molecule has 8 nitrogen and oxygen atoms in total. The molecule has 0 radical (unpaired) electrons. The van der Waals surface area contributed by atoms with E-state index >= 15 is 0 Å². The fraction of sp³-hybridized carbons (Fsp3) is 0.778. The highest BCUT2D eigenvalue weighted by atomic mass is 16.7. The Balaban J connectivity index is 2.82. The van der Waals surface area contributed by atoms with Gasteiger partial charge < -0.3 is 30.1 Å². The smallest absolute Gasteiger partial charge is 0.295 e. The maximum atomic E-state index is 10.9. The van der Waals surface area contributed by atoms with Gasteiger partial charge in [0.05, 0.1) is 6.61 Å². The van der Waals surface area contributed by atoms with E-state index < -0.39 is 43.2 Å². The minimum Gasteiger partial charge on any atom is -0.436 e. The monoisotopic (exact) mass is 249 g/mol. The second-order valence-electron chi connectivity index (χ2n) is 3.67. The van der Waals surface area contributed by atoms with Crippen LogP contribution in [0.25, 0.3) is 0 Å². The predicted octanol–water partition coefficient (Wildman–Crippen LogP) is -2.90. The first-order chi connectivity index (χ1) is 8.01. The number of aliphatic hydroxyl groups excluding tert-OH is 3. The van der Waals surface area contributed by atoms with Gasteiger partial charge in [0.25, 0.3) is 6.47 Å². The van der Waals surface area contributed by atoms with Crippen LogP contribution in [-0.4, -0.2) is 64.9 Å². The summed E-state index contributed by atoms with van der Waals surface area (Å²) in [5.74, 6) is -0.480. The van der Waals surface area contributed by atoms with Gasteiger partial charge in [-0.1, -0.05) is 0 Å². The zero-order valence-corrected chi connectivity index (χ0v) is 9.15. The Labute approximate surface area is 97.1 Å². The second-order valence-corrected chi connectivity index (χ2v) is 3.67. The molecular weight excluding hydrogens is 234 g/mol. The molecular formula is C9H15NO7. The molecule has 1 rings (SSSR count). The summed E-state index contributed by atoms with van der Waals surface area (Å²) in [5, 5.41) is 30.5. The molecule has 1 amide bonds. The van der Waals surface area contributed by atoms with E-state index in [9.17, 15) is 19.8 Å². The molecule has 1 saturated heterocycles. The van der Waals surface area contributed by atoms with Crippen molar-refractivity contribution >= 4 is 12.4 Å². The van der Waals surface area contributed by atoms with E-state index in [2.05, 4.69) is 10.1 Å². The quantitative estimate of drug-likeness (QED) is 0.394. The number of carbonyl (C=O) groups excluding carboxylic acids is 2. The third kappa shape index (κ3) is 3.13. The molecule has 17 heavy (non-hydrogen) atoms. The number of ether oxygens (including phenoxy) is 2. The number of rotatable bonds is 4. The first kappa shape index (κ1) is 13.8. The summed E-state index contributed by atoms with van der Waals surface area (Å²) < 4.78 is 9.59. The molecule has 0 aromatic carbocycles. The lowest BCUT2D eigenvalue weighted by molar-refractivity contribution is -0.258. The molecule has 0 aromatic rings. The molecule has 1 heterocycles. The summed E-state index contributed by atoms with van der Waals surface area (Å²) in [5.41, 5.74) is 0. The van der Waals surface area contributed by atoms with Crippen molar-refractivity contribution in [3.8, 4) is 0 Å². The maximum absolute atomic E-state index is 10.9. The number of hydrogen-bond donors (Lipinski definition) is 4. The van der Waals surface area contributed by atoms with Gasteiger partial charge in [0.1, 0.15) is 24.4 Å². The van der Waals surface area contributed by atoms with Crippen LogP contribution < -0.4 is 5.32 Å². The molecule has 1 aliphatic heterocycles. The molecule has 0 aromatic heterocycles. The van der Waals surface area contributed by atoms with Crippen molar-refractivity contribution in [2.24, 2.45) is 0 Å². The van der Waals surface area contributed by atoms with Crippen LogP contribution in [0.5, 0.6) is 0 Å². The molecule has 98 valence electrons. The van der Waals surface area contributed by atoms with Gasteiger partial charge in [0, 0.05) is 6.92 Å². The van der Waals surface area contributed by atoms with Crippen LogP contribution >= 0.6 is 0 Å². The van der Waals surface area contributed by atoms with Crippen molar-refractivity contribution in [1.29, 1.82) is 0 Å². The van der Waals surface area contributed by atoms with Gasteiger partial charge in [0.2, 0.25) is 12.2 Å². The Kier molecular flexibility index (Phi) is 4.82. The highest BCUT2D eigenvalue weighted by molar-refractivity contribution is 5.73. The molecule has 0 aliphatic carbocycles. The SMILES string of the molecule is CC(=O)N[C@H]1C(OC=O)O[C@H](CO)[C@@H](O)[C@@H]1O. The molecule has 8 heteroatoms. The van der Waals surface area contributed by atoms with Crippen LogP contribution in [0.2, 0.25) is 0 Å². The molecule has 0 spiro atoms. The summed E-state index contributed by atoms with van der Waals surface area (Å²) >= 11 is 0. The summed E-state index contributed by atoms with van der Waals surface area (Å²) in [6.07, 6.45) is -5.13. The Hall–Kier alpha value is -1.22. The average Bonchev–Trinajstić information content (AvgIpc) is 2.28. The summed E-state index contributed by atoms with van der Waals surface area (Å²) in [4.78, 5) is 21.2. The van der Waals surface area contributed by atoms with Gasteiger partial charge in [0.15, 0.2) is 0 Å². The van der Waals surface area contributed by atoms with E-state index in [1.807, 2.05) is 0 Å². The highest BCUT2D eigenvalue weighted by Crippen LogP contribution is 2.21. The molecule has 5 atom stereocenters. The number of hydrogen-bond acceptors (Lipinski definition) is 7. The van der Waals surface area contributed by atoms with E-state index in [1.54, 1.807) is 0 Å². The van der Waals surface area contributed by atoms with Gasteiger partial charge in [-0.15, -0.1) is 0 Å². The predicted molar refractivity (Wildman–Crippen MR) is 52.5 cm³/mol. The van der Waals surface area contributed by atoms with Crippen LogP contribution in [0.3, 0.4) is 0 Å². The summed E-state index contributed by atoms with van der Waals surface area (Å²) in [6, 6.07) is -1.09. The molecule has 1 aliphatic rings. The summed E-state index contributed by atoms with van der Waals surface area (Å²) in [7, 11) is 0. The van der Waals surface area contributed by atoms with Crippen LogP contribution in [0.1, 0.15) is 6.92 Å². The number of nitrogens with one attached hydrogen (secondary N) is 1. The Morgan fingerprint density at radius 1 is 1.47 bits per heavy atom. The van der Waals surface area contributed by atoms with Crippen molar-refractivity contribution in [3.63, 3.8) is 0 Å². The van der Waals surface area contributed by atoms with Crippen molar-refractivity contribution in [1.82, 2.24) is 5.32 Å². The Morgan fingerprint density at radius 2 is 2.12 bits per heavy atom. The van der Waals surface area contributed by atoms with Crippen molar-refractivity contribution in [2.75, 3.05) is 6.61 Å². The van der Waals surface area contributed by atoms with Gasteiger partial charge in [-0.2, -0.15) is 0 Å². The van der Waals surface area contributed by atoms with Crippen LogP contribution in [-0.2, 0) is 19.1 Å². The van der Waals surface area contributed by atoms with Gasteiger partial charge in [-0.25, -0.2) is 0 Å². The van der Waals surface area contributed by atoms with Crippen molar-refractivity contribution in [2.45, 2.75) is 37.6 Å². The number of carbonyl (C=O) groups is 2. The second kappa shape index (κ2) is 5.92. The van der Waals surface area contributed by atoms with Crippen LogP contribution in [0.15, 0.2) is 0 Å². The molecule has 1 unspecified atom stereocenters. The lowest BCUT2D eigenvalue weighted by Gasteiger charge is -2.41. The van der Waals surface area contributed by atoms with Gasteiger partial charge >= 0.3 is 0 Å². The normalized spacial score (nSPS) is 37.3. The molecule has 0 saturated carbocycles. The minimum absolute atomic E-state index is 0.0956. The van der Waals surface area contributed by atoms with E-state index in [4.69, 9.17) is 9.84 Å². The maximum Gasteiger partial charge on any atom is 0.295 e. The first-order valence-electron chi connectivity index (χ1n) is 5.00. The van der Waals surface area contributed by atoms with Crippen molar-refractivity contribution in [3.05, 3.63) is 0 Å².